The Hall–Kier alpha value is -0.960. The van der Waals surface area contributed by atoms with E-state index in [0.717, 1.165) is 0 Å². The number of aryl methyl sites for hydroxylation is 1. The van der Waals surface area contributed by atoms with Gasteiger partial charge in [-0.2, -0.15) is 5.10 Å². The fourth-order valence-electron chi connectivity index (χ4n) is 1.66. The first kappa shape index (κ1) is 12.5. The molecule has 96 valence electrons. The Morgan fingerprint density at radius 1 is 1.71 bits per heavy atom. The van der Waals surface area contributed by atoms with E-state index in [9.17, 15) is 13.5 Å². The van der Waals surface area contributed by atoms with Crippen molar-refractivity contribution < 1.29 is 18.3 Å². The minimum absolute atomic E-state index is 0.0550. The van der Waals surface area contributed by atoms with Crippen molar-refractivity contribution in [1.82, 2.24) is 14.5 Å². The molecule has 1 aromatic rings. The van der Waals surface area contributed by atoms with Gasteiger partial charge in [0.1, 0.15) is 5.60 Å². The Bertz CT molecular complexity index is 490. The molecule has 1 saturated heterocycles. The molecule has 0 spiro atoms. The van der Waals surface area contributed by atoms with Crippen LogP contribution in [0.25, 0.3) is 0 Å². The van der Waals surface area contributed by atoms with Crippen LogP contribution in [-0.2, 0) is 21.8 Å². The molecule has 0 saturated carbocycles. The van der Waals surface area contributed by atoms with Gasteiger partial charge in [-0.1, -0.05) is 0 Å². The monoisotopic (exact) mass is 261 g/mol. The summed E-state index contributed by atoms with van der Waals surface area (Å²) in [6, 6.07) is 1.40. The summed E-state index contributed by atoms with van der Waals surface area (Å²) in [4.78, 5) is 0. The van der Waals surface area contributed by atoms with Crippen LogP contribution in [0.15, 0.2) is 17.3 Å². The molecular weight excluding hydrogens is 246 g/mol. The molecule has 0 radical (unpaired) electrons. The third-order valence-electron chi connectivity index (χ3n) is 2.72. The minimum Gasteiger partial charge on any atom is -0.386 e. The van der Waals surface area contributed by atoms with E-state index in [1.807, 2.05) is 0 Å². The van der Waals surface area contributed by atoms with Crippen molar-refractivity contribution in [1.29, 1.82) is 0 Å². The standard InChI is InChI=1S/C9H15N3O4S/c1-12-8(2-4-10-12)17(14,15)11-6-9(13)3-5-16-7-9/h2,4,11,13H,3,5-7H2,1H3. The predicted molar refractivity (Wildman–Crippen MR) is 58.8 cm³/mol. The maximum absolute atomic E-state index is 11.9. The van der Waals surface area contributed by atoms with Crippen molar-refractivity contribution in [3.63, 3.8) is 0 Å². The highest BCUT2D eigenvalue weighted by atomic mass is 32.2. The second-order valence-electron chi connectivity index (χ2n) is 4.14. The normalized spacial score (nSPS) is 25.3. The molecule has 1 aromatic heterocycles. The minimum atomic E-state index is -3.64. The Morgan fingerprint density at radius 3 is 3.00 bits per heavy atom. The third kappa shape index (κ3) is 2.65. The highest BCUT2D eigenvalue weighted by molar-refractivity contribution is 7.89. The van der Waals surface area contributed by atoms with Crippen molar-refractivity contribution >= 4 is 10.0 Å². The van der Waals surface area contributed by atoms with Gasteiger partial charge in [-0.25, -0.2) is 13.1 Å². The van der Waals surface area contributed by atoms with Crippen molar-refractivity contribution in [2.24, 2.45) is 7.05 Å². The largest absolute Gasteiger partial charge is 0.386 e. The van der Waals surface area contributed by atoms with Gasteiger partial charge in [0.05, 0.1) is 12.8 Å². The molecule has 1 aliphatic rings. The van der Waals surface area contributed by atoms with E-state index < -0.39 is 15.6 Å². The number of rotatable bonds is 4. The first-order valence-electron chi connectivity index (χ1n) is 5.21. The molecule has 8 heteroatoms. The topological polar surface area (TPSA) is 93.5 Å². The van der Waals surface area contributed by atoms with Crippen LogP contribution < -0.4 is 4.72 Å². The molecule has 0 amide bonds. The highest BCUT2D eigenvalue weighted by Crippen LogP contribution is 2.18. The van der Waals surface area contributed by atoms with Gasteiger partial charge in [0.2, 0.25) is 0 Å². The molecule has 2 heterocycles. The molecular formula is C9H15N3O4S. The number of aliphatic hydroxyl groups is 1. The van der Waals surface area contributed by atoms with Crippen molar-refractivity contribution in [3.05, 3.63) is 12.3 Å². The first-order chi connectivity index (χ1) is 7.93. The van der Waals surface area contributed by atoms with E-state index in [2.05, 4.69) is 9.82 Å². The van der Waals surface area contributed by atoms with Crippen LogP contribution in [0.3, 0.4) is 0 Å². The molecule has 0 aromatic carbocycles. The molecule has 1 aliphatic heterocycles. The molecule has 0 aliphatic carbocycles. The summed E-state index contributed by atoms with van der Waals surface area (Å²) in [5.41, 5.74) is -1.11. The van der Waals surface area contributed by atoms with Gasteiger partial charge in [0.25, 0.3) is 10.0 Å². The van der Waals surface area contributed by atoms with Gasteiger partial charge in [-0.15, -0.1) is 0 Å². The van der Waals surface area contributed by atoms with E-state index >= 15 is 0 Å². The second-order valence-corrected chi connectivity index (χ2v) is 5.86. The zero-order chi connectivity index (χ0) is 12.5. The average molecular weight is 261 g/mol. The number of aromatic nitrogens is 2. The number of nitrogens with zero attached hydrogens (tertiary/aromatic N) is 2. The smallest absolute Gasteiger partial charge is 0.257 e. The summed E-state index contributed by atoms with van der Waals surface area (Å²) in [5, 5.41) is 13.8. The van der Waals surface area contributed by atoms with Crippen LogP contribution in [0, 0.1) is 0 Å². The van der Waals surface area contributed by atoms with E-state index in [0.29, 0.717) is 13.0 Å². The van der Waals surface area contributed by atoms with Gasteiger partial charge in [0, 0.05) is 26.6 Å². The number of hydrogen-bond donors (Lipinski definition) is 2. The number of nitrogens with one attached hydrogen (secondary N) is 1. The Labute approximate surface area is 99.4 Å². The lowest BCUT2D eigenvalue weighted by atomic mass is 10.1. The summed E-state index contributed by atoms with van der Waals surface area (Å²) in [7, 11) is -2.09. The molecule has 2 rings (SSSR count). The van der Waals surface area contributed by atoms with Crippen molar-refractivity contribution in [2.45, 2.75) is 17.0 Å². The molecule has 1 unspecified atom stereocenters. The first-order valence-corrected chi connectivity index (χ1v) is 6.69. The van der Waals surface area contributed by atoms with Crippen molar-refractivity contribution in [2.75, 3.05) is 19.8 Å². The zero-order valence-corrected chi connectivity index (χ0v) is 10.3. The number of sulfonamides is 1. The van der Waals surface area contributed by atoms with E-state index in [1.165, 1.54) is 16.9 Å². The van der Waals surface area contributed by atoms with Gasteiger partial charge in [-0.05, 0) is 6.07 Å². The van der Waals surface area contributed by atoms with Gasteiger partial charge in [0.15, 0.2) is 5.03 Å². The van der Waals surface area contributed by atoms with E-state index in [4.69, 9.17) is 4.74 Å². The summed E-state index contributed by atoms with van der Waals surface area (Å²) >= 11 is 0. The number of hydrogen-bond acceptors (Lipinski definition) is 5. The average Bonchev–Trinajstić information content (AvgIpc) is 2.86. The van der Waals surface area contributed by atoms with E-state index in [1.54, 1.807) is 7.05 Å². The Morgan fingerprint density at radius 2 is 2.47 bits per heavy atom. The number of ether oxygens (including phenoxy) is 1. The van der Waals surface area contributed by atoms with Crippen LogP contribution in [0.2, 0.25) is 0 Å². The van der Waals surface area contributed by atoms with Crippen LogP contribution in [0.5, 0.6) is 0 Å². The fraction of sp³-hybridized carbons (Fsp3) is 0.667. The third-order valence-corrected chi connectivity index (χ3v) is 4.20. The predicted octanol–water partition coefficient (Wildman–Crippen LogP) is -1.15. The van der Waals surface area contributed by atoms with E-state index in [-0.39, 0.29) is 18.2 Å². The summed E-state index contributed by atoms with van der Waals surface area (Å²) in [6.07, 6.45) is 1.84. The highest BCUT2D eigenvalue weighted by Gasteiger charge is 2.34. The lowest BCUT2D eigenvalue weighted by Crippen LogP contribution is -2.43. The van der Waals surface area contributed by atoms with Crippen molar-refractivity contribution in [3.8, 4) is 0 Å². The van der Waals surface area contributed by atoms with Crippen LogP contribution in [0.1, 0.15) is 6.42 Å². The summed E-state index contributed by atoms with van der Waals surface area (Å²) in [5.74, 6) is 0. The van der Waals surface area contributed by atoms with Gasteiger partial charge < -0.3 is 9.84 Å². The maximum atomic E-state index is 11.9. The molecule has 1 fully saturated rings. The van der Waals surface area contributed by atoms with Gasteiger partial charge in [-0.3, -0.25) is 4.68 Å². The Kier molecular flexibility index (Phi) is 3.21. The molecule has 7 nitrogen and oxygen atoms in total. The fourth-order valence-corrected chi connectivity index (χ4v) is 2.91. The summed E-state index contributed by atoms with van der Waals surface area (Å²) in [6.45, 7) is 0.547. The molecule has 1 atom stereocenters. The molecule has 0 bridgehead atoms. The summed E-state index contributed by atoms with van der Waals surface area (Å²) < 4.78 is 32.4. The zero-order valence-electron chi connectivity index (χ0n) is 9.46. The quantitative estimate of drug-likeness (QED) is 0.714. The van der Waals surface area contributed by atoms with Crippen LogP contribution in [-0.4, -0.2) is 48.7 Å². The second kappa shape index (κ2) is 4.37. The maximum Gasteiger partial charge on any atom is 0.257 e. The molecule has 2 N–H and O–H groups in total. The molecule has 17 heavy (non-hydrogen) atoms. The van der Waals surface area contributed by atoms with Gasteiger partial charge >= 0.3 is 0 Å². The van der Waals surface area contributed by atoms with Crippen LogP contribution >= 0.6 is 0 Å². The Balaban J connectivity index is 2.06. The SMILES string of the molecule is Cn1nccc1S(=O)(=O)NCC1(O)CCOC1. The lowest BCUT2D eigenvalue weighted by molar-refractivity contribution is 0.0314. The lowest BCUT2D eigenvalue weighted by Gasteiger charge is -2.20. The van der Waals surface area contributed by atoms with Crippen LogP contribution in [0.4, 0.5) is 0 Å².